The molecule has 5 nitrogen and oxygen atoms in total. The highest BCUT2D eigenvalue weighted by molar-refractivity contribution is 7.93. The molecule has 1 aromatic carbocycles. The zero-order valence-corrected chi connectivity index (χ0v) is 11.1. The Balaban J connectivity index is 2.20. The molecule has 1 aliphatic heterocycles. The molecular weight excluding hydrogens is 254 g/mol. The van der Waals surface area contributed by atoms with Crippen LogP contribution in [0.3, 0.4) is 0 Å². The van der Waals surface area contributed by atoms with Crippen LogP contribution < -0.4 is 4.31 Å². The van der Waals surface area contributed by atoms with Crippen molar-refractivity contribution in [1.29, 1.82) is 0 Å². The average molecular weight is 271 g/mol. The minimum atomic E-state index is -3.36. The van der Waals surface area contributed by atoms with Crippen LogP contribution in [0.1, 0.15) is 12.8 Å². The van der Waals surface area contributed by atoms with Gasteiger partial charge in [-0.2, -0.15) is 0 Å². The van der Waals surface area contributed by atoms with E-state index < -0.39 is 10.0 Å². The third-order valence-electron chi connectivity index (χ3n) is 3.18. The van der Waals surface area contributed by atoms with Crippen LogP contribution >= 0.6 is 0 Å². The standard InChI is InChI=1S/C12H17NO4S/c1-13(10-2-4-11(14)5-3-10)18(15,16)12-6-8-17-9-7-12/h2-5,12,14H,6-9H2,1H3. The smallest absolute Gasteiger partial charge is 0.237 e. The molecule has 2 rings (SSSR count). The van der Waals surface area contributed by atoms with Crippen LogP contribution in [0, 0.1) is 0 Å². The van der Waals surface area contributed by atoms with Crippen molar-refractivity contribution in [3.63, 3.8) is 0 Å². The highest BCUT2D eigenvalue weighted by atomic mass is 32.2. The van der Waals surface area contributed by atoms with Gasteiger partial charge in [-0.05, 0) is 37.1 Å². The fraction of sp³-hybridized carbons (Fsp3) is 0.500. The van der Waals surface area contributed by atoms with E-state index in [9.17, 15) is 13.5 Å². The van der Waals surface area contributed by atoms with Gasteiger partial charge in [-0.3, -0.25) is 4.31 Å². The summed E-state index contributed by atoms with van der Waals surface area (Å²) >= 11 is 0. The minimum absolute atomic E-state index is 0.121. The van der Waals surface area contributed by atoms with Gasteiger partial charge in [0.25, 0.3) is 0 Å². The Kier molecular flexibility index (Phi) is 3.77. The van der Waals surface area contributed by atoms with Crippen molar-refractivity contribution < 1.29 is 18.3 Å². The van der Waals surface area contributed by atoms with Gasteiger partial charge < -0.3 is 9.84 Å². The summed E-state index contributed by atoms with van der Waals surface area (Å²) in [6.45, 7) is 0.987. The van der Waals surface area contributed by atoms with Gasteiger partial charge in [-0.1, -0.05) is 0 Å². The lowest BCUT2D eigenvalue weighted by molar-refractivity contribution is 0.0983. The van der Waals surface area contributed by atoms with E-state index in [1.54, 1.807) is 12.1 Å². The maximum Gasteiger partial charge on any atom is 0.237 e. The van der Waals surface area contributed by atoms with E-state index in [2.05, 4.69) is 0 Å². The first-order chi connectivity index (χ1) is 8.51. The molecule has 0 saturated carbocycles. The predicted octanol–water partition coefficient (Wildman–Crippen LogP) is 1.34. The number of benzene rings is 1. The van der Waals surface area contributed by atoms with Crippen LogP contribution in [0.25, 0.3) is 0 Å². The molecule has 0 aromatic heterocycles. The number of rotatable bonds is 3. The SMILES string of the molecule is CN(c1ccc(O)cc1)S(=O)(=O)C1CCOCC1. The highest BCUT2D eigenvalue weighted by Crippen LogP contribution is 2.25. The van der Waals surface area contributed by atoms with Gasteiger partial charge in [-0.25, -0.2) is 8.42 Å². The Hall–Kier alpha value is -1.27. The second-order valence-electron chi connectivity index (χ2n) is 4.34. The molecule has 0 aliphatic carbocycles. The summed E-state index contributed by atoms with van der Waals surface area (Å²) in [7, 11) is -1.82. The van der Waals surface area contributed by atoms with Gasteiger partial charge in [0.1, 0.15) is 5.75 Å². The van der Waals surface area contributed by atoms with E-state index in [-0.39, 0.29) is 11.0 Å². The average Bonchev–Trinajstić information content (AvgIpc) is 2.40. The van der Waals surface area contributed by atoms with Gasteiger partial charge in [0.15, 0.2) is 0 Å². The van der Waals surface area contributed by atoms with E-state index in [1.165, 1.54) is 23.5 Å². The van der Waals surface area contributed by atoms with Gasteiger partial charge in [0.2, 0.25) is 10.0 Å². The van der Waals surface area contributed by atoms with Crippen molar-refractivity contribution >= 4 is 15.7 Å². The molecule has 0 atom stereocenters. The number of hydrogen-bond donors (Lipinski definition) is 1. The number of phenolic OH excluding ortho intramolecular Hbond substituents is 1. The molecule has 1 heterocycles. The summed E-state index contributed by atoms with van der Waals surface area (Å²) in [4.78, 5) is 0. The van der Waals surface area contributed by atoms with Gasteiger partial charge >= 0.3 is 0 Å². The fourth-order valence-corrected chi connectivity index (χ4v) is 3.66. The highest BCUT2D eigenvalue weighted by Gasteiger charge is 2.31. The quantitative estimate of drug-likeness (QED) is 0.901. The molecule has 18 heavy (non-hydrogen) atoms. The second kappa shape index (κ2) is 5.16. The van der Waals surface area contributed by atoms with E-state index in [1.807, 2.05) is 0 Å². The number of sulfonamides is 1. The predicted molar refractivity (Wildman–Crippen MR) is 69.3 cm³/mol. The second-order valence-corrected chi connectivity index (χ2v) is 6.58. The monoisotopic (exact) mass is 271 g/mol. The number of anilines is 1. The lowest BCUT2D eigenvalue weighted by Crippen LogP contribution is -2.39. The van der Waals surface area contributed by atoms with Crippen molar-refractivity contribution in [2.75, 3.05) is 24.6 Å². The van der Waals surface area contributed by atoms with Crippen molar-refractivity contribution in [2.24, 2.45) is 0 Å². The summed E-state index contributed by atoms with van der Waals surface area (Å²) in [5.74, 6) is 0.121. The Morgan fingerprint density at radius 1 is 1.22 bits per heavy atom. The van der Waals surface area contributed by atoms with Crippen LogP contribution in [-0.2, 0) is 14.8 Å². The number of ether oxygens (including phenoxy) is 1. The van der Waals surface area contributed by atoms with E-state index in [0.29, 0.717) is 31.7 Å². The molecule has 0 bridgehead atoms. The number of nitrogens with zero attached hydrogens (tertiary/aromatic N) is 1. The molecule has 1 aliphatic rings. The molecular formula is C12H17NO4S. The van der Waals surface area contributed by atoms with Crippen LogP contribution in [0.5, 0.6) is 5.75 Å². The van der Waals surface area contributed by atoms with Crippen molar-refractivity contribution in [2.45, 2.75) is 18.1 Å². The molecule has 1 N–H and O–H groups in total. The lowest BCUT2D eigenvalue weighted by atomic mass is 10.2. The van der Waals surface area contributed by atoms with E-state index in [0.717, 1.165) is 0 Å². The molecule has 1 fully saturated rings. The summed E-state index contributed by atoms with van der Waals surface area (Å²) < 4.78 is 31.2. The topological polar surface area (TPSA) is 66.8 Å². The third kappa shape index (κ3) is 2.59. The minimum Gasteiger partial charge on any atom is -0.508 e. The Morgan fingerprint density at radius 2 is 1.78 bits per heavy atom. The lowest BCUT2D eigenvalue weighted by Gasteiger charge is -2.28. The van der Waals surface area contributed by atoms with Crippen LogP contribution in [0.15, 0.2) is 24.3 Å². The van der Waals surface area contributed by atoms with Crippen molar-refractivity contribution in [1.82, 2.24) is 0 Å². The van der Waals surface area contributed by atoms with Crippen LogP contribution in [0.4, 0.5) is 5.69 Å². The first kappa shape index (κ1) is 13.2. The van der Waals surface area contributed by atoms with Gasteiger partial charge in [-0.15, -0.1) is 0 Å². The fourth-order valence-electron chi connectivity index (χ4n) is 2.01. The molecule has 0 amide bonds. The summed E-state index contributed by atoms with van der Waals surface area (Å²) in [5.41, 5.74) is 0.555. The molecule has 0 radical (unpaired) electrons. The zero-order chi connectivity index (χ0) is 13.2. The molecule has 100 valence electrons. The zero-order valence-electron chi connectivity index (χ0n) is 10.2. The van der Waals surface area contributed by atoms with Crippen LogP contribution in [-0.4, -0.2) is 39.0 Å². The Morgan fingerprint density at radius 3 is 2.33 bits per heavy atom. The maximum atomic E-state index is 12.4. The molecule has 0 spiro atoms. The summed E-state index contributed by atoms with van der Waals surface area (Å²) in [6, 6.07) is 6.13. The number of hydrogen-bond acceptors (Lipinski definition) is 4. The molecule has 0 unspecified atom stereocenters. The van der Waals surface area contributed by atoms with Crippen molar-refractivity contribution in [3.05, 3.63) is 24.3 Å². The largest absolute Gasteiger partial charge is 0.508 e. The van der Waals surface area contributed by atoms with Crippen LogP contribution in [0.2, 0.25) is 0 Å². The molecule has 1 aromatic rings. The maximum absolute atomic E-state index is 12.4. The first-order valence-electron chi connectivity index (χ1n) is 5.86. The Bertz CT molecular complexity index is 491. The normalized spacial score (nSPS) is 17.6. The molecule has 6 heteroatoms. The third-order valence-corrected chi connectivity index (χ3v) is 5.47. The number of phenols is 1. The van der Waals surface area contributed by atoms with Crippen molar-refractivity contribution in [3.8, 4) is 5.75 Å². The van der Waals surface area contributed by atoms with E-state index >= 15 is 0 Å². The van der Waals surface area contributed by atoms with Gasteiger partial charge in [0.05, 0.1) is 10.9 Å². The van der Waals surface area contributed by atoms with E-state index in [4.69, 9.17) is 4.74 Å². The van der Waals surface area contributed by atoms with Gasteiger partial charge in [0, 0.05) is 20.3 Å². The number of aromatic hydroxyl groups is 1. The first-order valence-corrected chi connectivity index (χ1v) is 7.36. The summed E-state index contributed by atoms with van der Waals surface area (Å²) in [5, 5.41) is 8.82. The molecule has 1 saturated heterocycles. The Labute approximate surface area is 107 Å². The summed E-state index contributed by atoms with van der Waals surface area (Å²) in [6.07, 6.45) is 1.06.